The van der Waals surface area contributed by atoms with E-state index in [2.05, 4.69) is 11.6 Å². The zero-order chi connectivity index (χ0) is 18.2. The highest BCUT2D eigenvalue weighted by molar-refractivity contribution is 7.89. The molecule has 6 heteroatoms. The molecule has 138 valence electrons. The van der Waals surface area contributed by atoms with E-state index in [9.17, 15) is 13.2 Å². The molecule has 1 aromatic carbocycles. The van der Waals surface area contributed by atoms with Crippen LogP contribution in [0.4, 0.5) is 0 Å². The van der Waals surface area contributed by atoms with Gasteiger partial charge in [-0.25, -0.2) is 13.1 Å². The van der Waals surface area contributed by atoms with Crippen molar-refractivity contribution in [1.82, 2.24) is 9.62 Å². The quantitative estimate of drug-likeness (QED) is 0.892. The van der Waals surface area contributed by atoms with E-state index in [0.29, 0.717) is 17.5 Å². The highest BCUT2D eigenvalue weighted by Gasteiger charge is 2.42. The largest absolute Gasteiger partial charge is 0.333 e. The maximum atomic E-state index is 13.1. The van der Waals surface area contributed by atoms with Crippen LogP contribution in [0, 0.1) is 5.92 Å². The Morgan fingerprint density at radius 1 is 1.24 bits per heavy atom. The Morgan fingerprint density at radius 2 is 1.96 bits per heavy atom. The Hall–Kier alpha value is -1.40. The summed E-state index contributed by atoms with van der Waals surface area (Å²) in [6.45, 7) is 5.67. The predicted molar refractivity (Wildman–Crippen MR) is 97.9 cm³/mol. The summed E-state index contributed by atoms with van der Waals surface area (Å²) in [7, 11) is -3.60. The SMILES string of the molecule is CC(C)NS(=O)(=O)c1cccc(C(=O)N2C(C)CC3CCCCC32)c1. The molecule has 5 nitrogen and oxygen atoms in total. The number of nitrogens with one attached hydrogen (secondary N) is 1. The van der Waals surface area contributed by atoms with Crippen molar-refractivity contribution in [2.45, 2.75) is 75.9 Å². The lowest BCUT2D eigenvalue weighted by Crippen LogP contribution is -2.42. The standard InChI is InChI=1S/C19H28N2O3S/c1-13(2)20-25(23,24)17-9-6-8-16(12-17)19(22)21-14(3)11-15-7-4-5-10-18(15)21/h6,8-9,12-15,18,20H,4-5,7,10-11H2,1-3H3. The smallest absolute Gasteiger partial charge is 0.254 e. The molecule has 3 atom stereocenters. The van der Waals surface area contributed by atoms with Crippen LogP contribution in [0.25, 0.3) is 0 Å². The summed E-state index contributed by atoms with van der Waals surface area (Å²) in [5.74, 6) is 0.561. The van der Waals surface area contributed by atoms with Gasteiger partial charge < -0.3 is 4.90 Å². The van der Waals surface area contributed by atoms with Crippen LogP contribution >= 0.6 is 0 Å². The first kappa shape index (κ1) is 18.4. The van der Waals surface area contributed by atoms with Crippen molar-refractivity contribution in [3.05, 3.63) is 29.8 Å². The average Bonchev–Trinajstić information content (AvgIpc) is 2.89. The van der Waals surface area contributed by atoms with Gasteiger partial charge in [-0.2, -0.15) is 0 Å². The van der Waals surface area contributed by atoms with E-state index in [1.54, 1.807) is 26.0 Å². The fraction of sp³-hybridized carbons (Fsp3) is 0.632. The van der Waals surface area contributed by atoms with E-state index in [1.165, 1.54) is 31.4 Å². The number of amides is 1. The Morgan fingerprint density at radius 3 is 2.68 bits per heavy atom. The van der Waals surface area contributed by atoms with Crippen LogP contribution in [-0.4, -0.2) is 37.4 Å². The van der Waals surface area contributed by atoms with Crippen molar-refractivity contribution in [3.8, 4) is 0 Å². The van der Waals surface area contributed by atoms with E-state index < -0.39 is 10.0 Å². The first-order chi connectivity index (χ1) is 11.8. The molecule has 1 aromatic rings. The van der Waals surface area contributed by atoms with Gasteiger partial charge in [0.1, 0.15) is 0 Å². The van der Waals surface area contributed by atoms with Gasteiger partial charge in [-0.15, -0.1) is 0 Å². The second-order valence-electron chi connectivity index (χ2n) is 7.71. The molecule has 1 saturated heterocycles. The Labute approximate surface area is 150 Å². The molecule has 25 heavy (non-hydrogen) atoms. The molecule has 1 aliphatic heterocycles. The molecule has 3 unspecified atom stereocenters. The molecule has 1 heterocycles. The molecule has 1 N–H and O–H groups in total. The molecule has 1 amide bonds. The number of benzene rings is 1. The number of nitrogens with zero attached hydrogens (tertiary/aromatic N) is 1. The number of rotatable bonds is 4. The lowest BCUT2D eigenvalue weighted by atomic mass is 9.85. The molecule has 2 aliphatic rings. The van der Waals surface area contributed by atoms with E-state index >= 15 is 0 Å². The lowest BCUT2D eigenvalue weighted by Gasteiger charge is -2.33. The summed E-state index contributed by atoms with van der Waals surface area (Å²) in [5, 5.41) is 0. The first-order valence-corrected chi connectivity index (χ1v) is 10.7. The summed E-state index contributed by atoms with van der Waals surface area (Å²) >= 11 is 0. The maximum Gasteiger partial charge on any atom is 0.254 e. The van der Waals surface area contributed by atoms with Gasteiger partial charge in [-0.1, -0.05) is 18.9 Å². The van der Waals surface area contributed by atoms with Gasteiger partial charge in [0, 0.05) is 23.7 Å². The van der Waals surface area contributed by atoms with Gasteiger partial charge in [0.05, 0.1) is 4.90 Å². The molecule has 2 fully saturated rings. The number of fused-ring (bicyclic) bond motifs is 1. The second kappa shape index (κ2) is 7.08. The molecular weight excluding hydrogens is 336 g/mol. The van der Waals surface area contributed by atoms with Crippen LogP contribution in [-0.2, 0) is 10.0 Å². The molecule has 3 rings (SSSR count). The summed E-state index contributed by atoms with van der Waals surface area (Å²) in [5.41, 5.74) is 0.463. The van der Waals surface area contributed by atoms with Gasteiger partial charge in [0.25, 0.3) is 5.91 Å². The normalized spacial score (nSPS) is 26.7. The van der Waals surface area contributed by atoms with Crippen molar-refractivity contribution in [1.29, 1.82) is 0 Å². The van der Waals surface area contributed by atoms with E-state index in [-0.39, 0.29) is 22.9 Å². The number of carbonyl (C=O) groups is 1. The highest BCUT2D eigenvalue weighted by atomic mass is 32.2. The minimum absolute atomic E-state index is 0.0384. The van der Waals surface area contributed by atoms with Crippen LogP contribution in [0.1, 0.15) is 63.2 Å². The van der Waals surface area contributed by atoms with E-state index in [1.807, 2.05) is 4.90 Å². The van der Waals surface area contributed by atoms with Gasteiger partial charge in [0.15, 0.2) is 0 Å². The van der Waals surface area contributed by atoms with Crippen molar-refractivity contribution in [2.75, 3.05) is 0 Å². The van der Waals surface area contributed by atoms with E-state index in [4.69, 9.17) is 0 Å². The van der Waals surface area contributed by atoms with Gasteiger partial charge in [0.2, 0.25) is 10.0 Å². The van der Waals surface area contributed by atoms with Crippen molar-refractivity contribution in [2.24, 2.45) is 5.92 Å². The number of sulfonamides is 1. The van der Waals surface area contributed by atoms with Gasteiger partial charge >= 0.3 is 0 Å². The number of hydrogen-bond acceptors (Lipinski definition) is 3. The summed E-state index contributed by atoms with van der Waals surface area (Å²) in [6, 6.07) is 6.76. The Bertz CT molecular complexity index is 745. The zero-order valence-electron chi connectivity index (χ0n) is 15.2. The molecule has 0 bridgehead atoms. The summed E-state index contributed by atoms with van der Waals surface area (Å²) < 4.78 is 27.4. The van der Waals surface area contributed by atoms with Gasteiger partial charge in [-0.05, 0) is 64.2 Å². The fourth-order valence-electron chi connectivity index (χ4n) is 4.38. The molecule has 0 aromatic heterocycles. The maximum absolute atomic E-state index is 13.1. The number of hydrogen-bond donors (Lipinski definition) is 1. The third-order valence-corrected chi connectivity index (χ3v) is 7.02. The average molecular weight is 365 g/mol. The van der Waals surface area contributed by atoms with Crippen LogP contribution in [0.15, 0.2) is 29.2 Å². The number of likely N-dealkylation sites (tertiary alicyclic amines) is 1. The third-order valence-electron chi connectivity index (χ3n) is 5.36. The summed E-state index contributed by atoms with van der Waals surface area (Å²) in [4.78, 5) is 15.3. The van der Waals surface area contributed by atoms with Crippen molar-refractivity contribution < 1.29 is 13.2 Å². The molecular formula is C19H28N2O3S. The first-order valence-electron chi connectivity index (χ1n) is 9.24. The van der Waals surface area contributed by atoms with Crippen molar-refractivity contribution >= 4 is 15.9 Å². The van der Waals surface area contributed by atoms with Crippen LogP contribution in [0.5, 0.6) is 0 Å². The Balaban J connectivity index is 1.87. The molecule has 0 spiro atoms. The minimum atomic E-state index is -3.60. The monoisotopic (exact) mass is 364 g/mol. The van der Waals surface area contributed by atoms with Crippen LogP contribution in [0.3, 0.4) is 0 Å². The topological polar surface area (TPSA) is 66.5 Å². The van der Waals surface area contributed by atoms with Crippen molar-refractivity contribution in [3.63, 3.8) is 0 Å². The Kier molecular flexibility index (Phi) is 5.21. The van der Waals surface area contributed by atoms with E-state index in [0.717, 1.165) is 12.8 Å². The molecule has 1 aliphatic carbocycles. The third kappa shape index (κ3) is 3.75. The second-order valence-corrected chi connectivity index (χ2v) is 9.43. The fourth-order valence-corrected chi connectivity index (χ4v) is 5.68. The van der Waals surface area contributed by atoms with Crippen LogP contribution in [0.2, 0.25) is 0 Å². The van der Waals surface area contributed by atoms with Crippen LogP contribution < -0.4 is 4.72 Å². The highest BCUT2D eigenvalue weighted by Crippen LogP contribution is 2.40. The summed E-state index contributed by atoms with van der Waals surface area (Å²) in [6.07, 6.45) is 5.75. The molecule has 1 saturated carbocycles. The minimum Gasteiger partial charge on any atom is -0.333 e. The number of carbonyl (C=O) groups excluding carboxylic acids is 1. The predicted octanol–water partition coefficient (Wildman–Crippen LogP) is 3.17. The van der Waals surface area contributed by atoms with Gasteiger partial charge in [-0.3, -0.25) is 4.79 Å². The lowest BCUT2D eigenvalue weighted by molar-refractivity contribution is 0.0633. The zero-order valence-corrected chi connectivity index (χ0v) is 16.1. The molecule has 0 radical (unpaired) electrons.